The van der Waals surface area contributed by atoms with Crippen molar-refractivity contribution >= 4 is 40.2 Å². The highest BCUT2D eigenvalue weighted by Crippen LogP contribution is 2.64. The molecule has 4 nitrogen and oxygen atoms in total. The second-order valence-corrected chi connectivity index (χ2v) is 11.5. The third kappa shape index (κ3) is 3.08. The molecule has 5 aromatic rings. The quantitative estimate of drug-likeness (QED) is 0.179. The molecule has 1 aliphatic heterocycles. The molecule has 0 aromatic heterocycles. The van der Waals surface area contributed by atoms with E-state index < -0.39 is 17.3 Å². The van der Waals surface area contributed by atoms with Crippen LogP contribution in [-0.4, -0.2) is 18.0 Å². The summed E-state index contributed by atoms with van der Waals surface area (Å²) in [6.45, 7) is 4.16. The van der Waals surface area contributed by atoms with Crippen LogP contribution in [-0.2, 0) is 15.0 Å². The molecular weight excluding hydrogens is 504 g/mol. The molecule has 4 heteroatoms. The van der Waals surface area contributed by atoms with Gasteiger partial charge in [0.15, 0.2) is 0 Å². The summed E-state index contributed by atoms with van der Waals surface area (Å²) >= 11 is 0. The Labute approximate surface area is 239 Å². The van der Waals surface area contributed by atoms with Gasteiger partial charge in [0.25, 0.3) is 0 Å². The van der Waals surface area contributed by atoms with Crippen LogP contribution in [0, 0.1) is 25.7 Å². The highest BCUT2D eigenvalue weighted by Gasteiger charge is 2.68. The second kappa shape index (κ2) is 8.58. The van der Waals surface area contributed by atoms with Gasteiger partial charge < -0.3 is 0 Å². The van der Waals surface area contributed by atoms with Gasteiger partial charge in [0, 0.05) is 17.5 Å². The van der Waals surface area contributed by atoms with Crippen molar-refractivity contribution in [2.24, 2.45) is 16.8 Å². The fourth-order valence-electron chi connectivity index (χ4n) is 7.74. The summed E-state index contributed by atoms with van der Waals surface area (Å²) in [4.78, 5) is 36.0. The largest absolute Gasteiger partial charge is 0.274 e. The van der Waals surface area contributed by atoms with Crippen LogP contribution in [0.15, 0.2) is 114 Å². The smallest absolute Gasteiger partial charge is 0.239 e. The molecule has 9 rings (SSSR count). The number of nitrogens with zero attached hydrogens (tertiary/aromatic N) is 2. The number of imide groups is 1. The molecule has 1 heterocycles. The lowest BCUT2D eigenvalue weighted by atomic mass is 9.47. The summed E-state index contributed by atoms with van der Waals surface area (Å²) in [6, 6.07) is 36.6. The van der Waals surface area contributed by atoms with E-state index in [4.69, 9.17) is 4.99 Å². The van der Waals surface area contributed by atoms with Crippen LogP contribution in [0.25, 0.3) is 10.8 Å². The fourth-order valence-corrected chi connectivity index (χ4v) is 7.74. The van der Waals surface area contributed by atoms with Gasteiger partial charge in [-0.3, -0.25) is 14.6 Å². The molecular formula is C37H28N2O2. The van der Waals surface area contributed by atoms with Crippen molar-refractivity contribution in [2.45, 2.75) is 25.2 Å². The van der Waals surface area contributed by atoms with Gasteiger partial charge in [-0.25, -0.2) is 4.90 Å². The highest BCUT2D eigenvalue weighted by molar-refractivity contribution is 6.27. The average molecular weight is 533 g/mol. The van der Waals surface area contributed by atoms with Crippen LogP contribution in [0.4, 0.5) is 11.4 Å². The van der Waals surface area contributed by atoms with Gasteiger partial charge in [0.1, 0.15) is 0 Å². The van der Waals surface area contributed by atoms with Gasteiger partial charge in [-0.2, -0.15) is 0 Å². The van der Waals surface area contributed by atoms with E-state index in [1.165, 1.54) is 4.90 Å². The molecule has 1 saturated heterocycles. The summed E-state index contributed by atoms with van der Waals surface area (Å²) in [7, 11) is 0. The predicted octanol–water partition coefficient (Wildman–Crippen LogP) is 7.41. The molecule has 2 bridgehead atoms. The zero-order valence-electron chi connectivity index (χ0n) is 22.9. The van der Waals surface area contributed by atoms with Crippen molar-refractivity contribution in [2.75, 3.05) is 4.90 Å². The van der Waals surface area contributed by atoms with Crippen LogP contribution in [0.2, 0.25) is 0 Å². The van der Waals surface area contributed by atoms with Gasteiger partial charge in [0.05, 0.1) is 28.6 Å². The van der Waals surface area contributed by atoms with Crippen molar-refractivity contribution in [3.63, 3.8) is 0 Å². The Bertz CT molecular complexity index is 1900. The summed E-state index contributed by atoms with van der Waals surface area (Å²) < 4.78 is 0. The zero-order valence-corrected chi connectivity index (χ0v) is 22.9. The van der Waals surface area contributed by atoms with Crippen LogP contribution in [0.3, 0.4) is 0 Å². The number of anilines is 1. The SMILES string of the molecule is Cc1cccc(N=CC23c4ccccc4C(c4ccccc42)[C@@H]2C(=O)N(c4cccc5ccccc45)C(=O)[C@H]23)c1C. The van der Waals surface area contributed by atoms with Crippen molar-refractivity contribution in [3.05, 3.63) is 143 Å². The molecule has 4 aliphatic rings. The Morgan fingerprint density at radius 1 is 0.707 bits per heavy atom. The van der Waals surface area contributed by atoms with E-state index in [-0.39, 0.29) is 17.7 Å². The fraction of sp³-hybridized carbons (Fsp3) is 0.162. The van der Waals surface area contributed by atoms with Crippen LogP contribution in [0.5, 0.6) is 0 Å². The molecule has 0 saturated carbocycles. The van der Waals surface area contributed by atoms with E-state index in [1.54, 1.807) is 0 Å². The minimum absolute atomic E-state index is 0.130. The molecule has 2 amide bonds. The van der Waals surface area contributed by atoms with E-state index in [1.807, 2.05) is 85.1 Å². The Balaban J connectivity index is 1.41. The number of rotatable bonds is 3. The normalized spacial score (nSPS) is 24.1. The first kappa shape index (κ1) is 24.0. The number of aryl methyl sites for hydroxylation is 1. The maximum absolute atomic E-state index is 14.8. The zero-order chi connectivity index (χ0) is 27.9. The monoisotopic (exact) mass is 532 g/mol. The minimum Gasteiger partial charge on any atom is -0.274 e. The number of fused-ring (bicyclic) bond motifs is 1. The third-order valence-electron chi connectivity index (χ3n) is 9.67. The second-order valence-electron chi connectivity index (χ2n) is 11.5. The standard InChI is InChI=1S/C37H28N2O2/c1-22-11-9-19-30(23(22)2)38-21-37-28-17-7-5-15-26(28)32(27-16-6-8-18-29(27)37)33-34(37)36(41)39(35(33)40)31-20-10-13-24-12-3-4-14-25(24)31/h3-21,32-34H,1-2H3/t32?,33-,34-,37?/m0/s1. The summed E-state index contributed by atoms with van der Waals surface area (Å²) in [5.41, 5.74) is 7.28. The lowest BCUT2D eigenvalue weighted by molar-refractivity contribution is -0.122. The Morgan fingerprint density at radius 3 is 2.10 bits per heavy atom. The highest BCUT2D eigenvalue weighted by atomic mass is 16.2. The van der Waals surface area contributed by atoms with E-state index in [0.717, 1.165) is 49.8 Å². The van der Waals surface area contributed by atoms with Crippen LogP contribution in [0.1, 0.15) is 39.3 Å². The molecule has 1 fully saturated rings. The van der Waals surface area contributed by atoms with E-state index in [0.29, 0.717) is 5.69 Å². The van der Waals surface area contributed by atoms with Gasteiger partial charge in [-0.05, 0) is 64.7 Å². The first-order valence-electron chi connectivity index (χ1n) is 14.2. The summed E-state index contributed by atoms with van der Waals surface area (Å²) in [6.07, 6.45) is 1.98. The van der Waals surface area contributed by atoms with E-state index in [9.17, 15) is 9.59 Å². The number of benzene rings is 5. The Hall–Kier alpha value is -4.83. The van der Waals surface area contributed by atoms with Crippen molar-refractivity contribution in [1.82, 2.24) is 0 Å². The molecule has 198 valence electrons. The molecule has 0 unspecified atom stereocenters. The lowest BCUT2D eigenvalue weighted by Gasteiger charge is -2.52. The lowest BCUT2D eigenvalue weighted by Crippen LogP contribution is -2.54. The molecule has 0 spiro atoms. The summed E-state index contributed by atoms with van der Waals surface area (Å²) in [5.74, 6) is -1.60. The topological polar surface area (TPSA) is 49.7 Å². The molecule has 0 radical (unpaired) electrons. The molecule has 5 aromatic carbocycles. The maximum Gasteiger partial charge on any atom is 0.239 e. The molecule has 2 atom stereocenters. The number of amides is 2. The van der Waals surface area contributed by atoms with Gasteiger partial charge >= 0.3 is 0 Å². The van der Waals surface area contributed by atoms with E-state index in [2.05, 4.69) is 44.2 Å². The predicted molar refractivity (Wildman–Crippen MR) is 163 cm³/mol. The van der Waals surface area contributed by atoms with Gasteiger partial charge in [-0.15, -0.1) is 0 Å². The van der Waals surface area contributed by atoms with Crippen molar-refractivity contribution in [1.29, 1.82) is 0 Å². The maximum atomic E-state index is 14.8. The van der Waals surface area contributed by atoms with Crippen molar-refractivity contribution in [3.8, 4) is 0 Å². The molecule has 3 aliphatic carbocycles. The first-order valence-corrected chi connectivity index (χ1v) is 14.2. The first-order chi connectivity index (χ1) is 20.0. The number of carbonyl (C=O) groups is 2. The number of hydrogen-bond donors (Lipinski definition) is 0. The van der Waals surface area contributed by atoms with Crippen LogP contribution >= 0.6 is 0 Å². The third-order valence-corrected chi connectivity index (χ3v) is 9.67. The number of aliphatic imine (C=N–C) groups is 1. The Kier molecular flexibility index (Phi) is 5.03. The van der Waals surface area contributed by atoms with Crippen LogP contribution < -0.4 is 4.90 Å². The minimum atomic E-state index is -0.880. The Morgan fingerprint density at radius 2 is 1.34 bits per heavy atom. The summed E-state index contributed by atoms with van der Waals surface area (Å²) in [5, 5.41) is 1.90. The van der Waals surface area contributed by atoms with Crippen molar-refractivity contribution < 1.29 is 9.59 Å². The average Bonchev–Trinajstić information content (AvgIpc) is 3.28. The number of carbonyl (C=O) groups excluding carboxylic acids is 2. The van der Waals surface area contributed by atoms with Gasteiger partial charge in [0.2, 0.25) is 11.8 Å². The number of hydrogen-bond acceptors (Lipinski definition) is 3. The van der Waals surface area contributed by atoms with E-state index >= 15 is 0 Å². The molecule has 41 heavy (non-hydrogen) atoms. The molecule has 0 N–H and O–H groups in total. The van der Waals surface area contributed by atoms with Gasteiger partial charge in [-0.1, -0.05) is 97.1 Å².